The summed E-state index contributed by atoms with van der Waals surface area (Å²) in [5, 5.41) is 0.472. The van der Waals surface area contributed by atoms with E-state index in [2.05, 4.69) is 25.9 Å². The fourth-order valence-electron chi connectivity index (χ4n) is 0.966. The maximum absolute atomic E-state index is 11.5. The molecule has 0 saturated heterocycles. The lowest BCUT2D eigenvalue weighted by Gasteiger charge is -2.19. The normalized spacial score (nSPS) is 11.3. The van der Waals surface area contributed by atoms with E-state index >= 15 is 0 Å². The van der Waals surface area contributed by atoms with Gasteiger partial charge in [0.1, 0.15) is 15.1 Å². The number of nitrogens with zero attached hydrogens (tertiary/aromatic N) is 1. The lowest BCUT2D eigenvalue weighted by molar-refractivity contribution is -0.151. The third-order valence-electron chi connectivity index (χ3n) is 1.51. The molecule has 0 spiro atoms. The number of H-pyrrole nitrogens is 1. The predicted molar refractivity (Wildman–Crippen MR) is 69.1 cm³/mol. The van der Waals surface area contributed by atoms with Gasteiger partial charge >= 0.3 is 5.97 Å². The van der Waals surface area contributed by atoms with E-state index in [1.807, 2.05) is 0 Å². The van der Waals surface area contributed by atoms with E-state index in [4.69, 9.17) is 4.74 Å². The van der Waals surface area contributed by atoms with E-state index in [9.17, 15) is 9.59 Å². The van der Waals surface area contributed by atoms with E-state index in [0.29, 0.717) is 9.50 Å². The van der Waals surface area contributed by atoms with Crippen LogP contribution in [0.5, 0.6) is 0 Å². The largest absolute Gasteiger partial charge is 0.459 e. The summed E-state index contributed by atoms with van der Waals surface area (Å²) in [5.74, 6) is -0.219. The van der Waals surface area contributed by atoms with Crippen LogP contribution in [0.4, 0.5) is 0 Å². The molecule has 5 nitrogen and oxygen atoms in total. The first-order valence-corrected chi connectivity index (χ1v) is 6.65. The van der Waals surface area contributed by atoms with Crippen LogP contribution in [0.2, 0.25) is 0 Å². The number of carbonyl (C=O) groups excluding carboxylic acids is 1. The van der Waals surface area contributed by atoms with Crippen LogP contribution >= 0.6 is 27.7 Å². The van der Waals surface area contributed by atoms with Crippen LogP contribution in [0.25, 0.3) is 0 Å². The lowest BCUT2D eigenvalue weighted by atomic mass is 10.2. The van der Waals surface area contributed by atoms with Crippen molar-refractivity contribution >= 4 is 33.7 Å². The Bertz CT molecular complexity index is 467. The van der Waals surface area contributed by atoms with Gasteiger partial charge in [0, 0.05) is 0 Å². The van der Waals surface area contributed by atoms with Gasteiger partial charge in [0.2, 0.25) is 0 Å². The van der Waals surface area contributed by atoms with Crippen molar-refractivity contribution in [2.45, 2.75) is 31.4 Å². The van der Waals surface area contributed by atoms with Crippen LogP contribution in [0.1, 0.15) is 20.8 Å². The summed E-state index contributed by atoms with van der Waals surface area (Å²) in [4.78, 5) is 29.1. The summed E-state index contributed by atoms with van der Waals surface area (Å²) in [6.07, 6.45) is 1.30. The number of hydrogen-bond acceptors (Lipinski definition) is 5. The van der Waals surface area contributed by atoms with Crippen LogP contribution in [0, 0.1) is 0 Å². The summed E-state index contributed by atoms with van der Waals surface area (Å²) < 4.78 is 5.47. The number of nitrogens with one attached hydrogen (secondary N) is 1. The van der Waals surface area contributed by atoms with Gasteiger partial charge in [-0.05, 0) is 36.7 Å². The lowest BCUT2D eigenvalue weighted by Crippen LogP contribution is -2.25. The summed E-state index contributed by atoms with van der Waals surface area (Å²) in [7, 11) is 0. The van der Waals surface area contributed by atoms with Gasteiger partial charge in [-0.15, -0.1) is 0 Å². The third kappa shape index (κ3) is 4.91. The van der Waals surface area contributed by atoms with Gasteiger partial charge in [-0.2, -0.15) is 0 Å². The number of aromatic amines is 1. The molecule has 0 atom stereocenters. The molecule has 0 aliphatic heterocycles. The second-order valence-electron chi connectivity index (χ2n) is 4.23. The second-order valence-corrected chi connectivity index (χ2v) is 5.98. The fourth-order valence-corrected chi connectivity index (χ4v) is 2.19. The molecule has 0 radical (unpaired) electrons. The molecule has 1 aromatic heterocycles. The molecule has 94 valence electrons. The quantitative estimate of drug-likeness (QED) is 0.523. The zero-order valence-electron chi connectivity index (χ0n) is 9.74. The number of thioether (sulfide) groups is 1. The van der Waals surface area contributed by atoms with Crippen LogP contribution in [0.3, 0.4) is 0 Å². The Hall–Kier alpha value is -0.820. The van der Waals surface area contributed by atoms with Crippen molar-refractivity contribution in [3.8, 4) is 0 Å². The molecule has 7 heteroatoms. The van der Waals surface area contributed by atoms with E-state index in [1.54, 1.807) is 20.8 Å². The summed E-state index contributed by atoms with van der Waals surface area (Å²) in [6.45, 7) is 5.41. The standard InChI is InChI=1S/C10H13BrN2O3S/c1-10(2,3)16-6(14)4-17-9-7(11)8(15)12-5-13-9/h5H,4H2,1-3H3,(H,12,13,15). The van der Waals surface area contributed by atoms with Crippen molar-refractivity contribution in [2.75, 3.05) is 5.75 Å². The molecule has 0 aliphatic rings. The molecule has 0 aliphatic carbocycles. The third-order valence-corrected chi connectivity index (χ3v) is 3.47. The molecule has 0 bridgehead atoms. The summed E-state index contributed by atoms with van der Waals surface area (Å²) >= 11 is 4.27. The number of esters is 1. The number of aromatic nitrogens is 2. The highest BCUT2D eigenvalue weighted by atomic mass is 79.9. The molecular weight excluding hydrogens is 308 g/mol. The topological polar surface area (TPSA) is 72.0 Å². The van der Waals surface area contributed by atoms with Gasteiger partial charge in [0.05, 0.1) is 12.1 Å². The molecule has 0 amide bonds. The van der Waals surface area contributed by atoms with Crippen molar-refractivity contribution in [1.29, 1.82) is 0 Å². The van der Waals surface area contributed by atoms with Gasteiger partial charge in [-0.25, -0.2) is 4.98 Å². The molecule has 1 aromatic rings. The first-order valence-electron chi connectivity index (χ1n) is 4.87. The monoisotopic (exact) mass is 320 g/mol. The minimum Gasteiger partial charge on any atom is -0.459 e. The van der Waals surface area contributed by atoms with Crippen molar-refractivity contribution < 1.29 is 9.53 Å². The number of rotatable bonds is 3. The number of ether oxygens (including phenoxy) is 1. The highest BCUT2D eigenvalue weighted by Gasteiger charge is 2.17. The van der Waals surface area contributed by atoms with Crippen LogP contribution < -0.4 is 5.56 Å². The van der Waals surface area contributed by atoms with Crippen molar-refractivity contribution in [3.05, 3.63) is 21.2 Å². The van der Waals surface area contributed by atoms with Crippen LogP contribution in [-0.2, 0) is 9.53 Å². The van der Waals surface area contributed by atoms with Gasteiger partial charge in [-0.1, -0.05) is 11.8 Å². The van der Waals surface area contributed by atoms with Crippen molar-refractivity contribution in [2.24, 2.45) is 0 Å². The number of halogens is 1. The Labute approximate surface area is 111 Å². The number of carbonyl (C=O) groups is 1. The summed E-state index contributed by atoms with van der Waals surface area (Å²) in [6, 6.07) is 0. The second kappa shape index (κ2) is 5.68. The average molecular weight is 321 g/mol. The SMILES string of the molecule is CC(C)(C)OC(=O)CSc1nc[nH]c(=O)c1Br. The Morgan fingerprint density at radius 3 is 2.82 bits per heavy atom. The van der Waals surface area contributed by atoms with E-state index in [1.165, 1.54) is 6.33 Å². The smallest absolute Gasteiger partial charge is 0.316 e. The summed E-state index contributed by atoms with van der Waals surface area (Å²) in [5.41, 5.74) is -0.775. The van der Waals surface area contributed by atoms with Crippen LogP contribution in [0.15, 0.2) is 20.6 Å². The molecule has 0 aromatic carbocycles. The predicted octanol–water partition coefficient (Wildman–Crippen LogP) is 1.97. The molecule has 17 heavy (non-hydrogen) atoms. The fraction of sp³-hybridized carbons (Fsp3) is 0.500. The van der Waals surface area contributed by atoms with Gasteiger partial charge < -0.3 is 9.72 Å². The highest BCUT2D eigenvalue weighted by molar-refractivity contribution is 9.10. The maximum Gasteiger partial charge on any atom is 0.316 e. The van der Waals surface area contributed by atoms with Crippen molar-refractivity contribution in [1.82, 2.24) is 9.97 Å². The highest BCUT2D eigenvalue weighted by Crippen LogP contribution is 2.22. The molecular formula is C10H13BrN2O3S. The first-order chi connectivity index (χ1) is 7.79. The maximum atomic E-state index is 11.5. The first kappa shape index (κ1) is 14.2. The van der Waals surface area contributed by atoms with Gasteiger partial charge in [-0.3, -0.25) is 9.59 Å². The minimum absolute atomic E-state index is 0.117. The molecule has 0 fully saturated rings. The zero-order chi connectivity index (χ0) is 13.1. The Morgan fingerprint density at radius 1 is 1.59 bits per heavy atom. The van der Waals surface area contributed by atoms with E-state index < -0.39 is 5.60 Å². The minimum atomic E-state index is -0.504. The molecule has 0 unspecified atom stereocenters. The molecule has 1 N–H and O–H groups in total. The molecule has 1 rings (SSSR count). The Morgan fingerprint density at radius 2 is 2.24 bits per heavy atom. The van der Waals surface area contributed by atoms with E-state index in [0.717, 1.165) is 11.8 Å². The molecule has 0 saturated carbocycles. The van der Waals surface area contributed by atoms with E-state index in [-0.39, 0.29) is 17.3 Å². The van der Waals surface area contributed by atoms with Gasteiger partial charge in [0.15, 0.2) is 0 Å². The Kier molecular flexibility index (Phi) is 4.76. The van der Waals surface area contributed by atoms with Crippen molar-refractivity contribution in [3.63, 3.8) is 0 Å². The Balaban J connectivity index is 2.60. The average Bonchev–Trinajstić information content (AvgIpc) is 2.18. The zero-order valence-corrected chi connectivity index (χ0v) is 12.1. The number of hydrogen-bond donors (Lipinski definition) is 1. The molecule has 1 heterocycles. The van der Waals surface area contributed by atoms with Gasteiger partial charge in [0.25, 0.3) is 5.56 Å². The van der Waals surface area contributed by atoms with Crippen LogP contribution in [-0.4, -0.2) is 27.3 Å².